The van der Waals surface area contributed by atoms with Crippen LogP contribution in [0.4, 0.5) is 5.95 Å². The summed E-state index contributed by atoms with van der Waals surface area (Å²) in [4.78, 5) is 4.61. The Morgan fingerprint density at radius 1 is 1.35 bits per heavy atom. The zero-order chi connectivity index (χ0) is 14.1. The highest BCUT2D eigenvalue weighted by molar-refractivity contribution is 5.41. The second-order valence-electron chi connectivity index (χ2n) is 5.60. The molecular formula is C16H21N3O. The average Bonchev–Trinajstić information content (AvgIpc) is 2.78. The van der Waals surface area contributed by atoms with E-state index in [2.05, 4.69) is 47.0 Å². The molecule has 0 radical (unpaired) electrons. The summed E-state index contributed by atoms with van der Waals surface area (Å²) >= 11 is 0. The van der Waals surface area contributed by atoms with E-state index in [0.29, 0.717) is 12.1 Å². The van der Waals surface area contributed by atoms with E-state index in [0.717, 1.165) is 30.4 Å². The Hall–Kier alpha value is -1.97. The van der Waals surface area contributed by atoms with E-state index < -0.39 is 0 Å². The third-order valence-corrected chi connectivity index (χ3v) is 3.53. The van der Waals surface area contributed by atoms with E-state index >= 15 is 0 Å². The molecule has 3 rings (SSSR count). The summed E-state index contributed by atoms with van der Waals surface area (Å²) < 4.78 is 8.00. The van der Waals surface area contributed by atoms with Crippen molar-refractivity contribution in [2.75, 3.05) is 11.9 Å². The maximum atomic E-state index is 5.75. The van der Waals surface area contributed by atoms with Crippen LogP contribution in [0.15, 0.2) is 30.5 Å². The van der Waals surface area contributed by atoms with Gasteiger partial charge in [0.1, 0.15) is 5.75 Å². The summed E-state index contributed by atoms with van der Waals surface area (Å²) in [6.45, 7) is 7.05. The molecular weight excluding hydrogens is 250 g/mol. The first-order chi connectivity index (χ1) is 9.65. The number of nitrogens with zero attached hydrogens (tertiary/aromatic N) is 2. The number of hydrogen-bond donors (Lipinski definition) is 1. The Morgan fingerprint density at radius 2 is 2.15 bits per heavy atom. The van der Waals surface area contributed by atoms with Crippen molar-refractivity contribution in [3.63, 3.8) is 0 Å². The Morgan fingerprint density at radius 3 is 2.95 bits per heavy atom. The normalized spacial score (nSPS) is 17.7. The molecule has 1 aliphatic rings. The summed E-state index contributed by atoms with van der Waals surface area (Å²) in [7, 11) is 0. The molecule has 1 atom stereocenters. The predicted octanol–water partition coefficient (Wildman–Crippen LogP) is 3.38. The van der Waals surface area contributed by atoms with Crippen LogP contribution in [0.3, 0.4) is 0 Å². The lowest BCUT2D eigenvalue weighted by atomic mass is 10.0. The summed E-state index contributed by atoms with van der Waals surface area (Å²) in [5.41, 5.74) is 2.28. The molecule has 1 aliphatic heterocycles. The van der Waals surface area contributed by atoms with Gasteiger partial charge in [-0.15, -0.1) is 0 Å². The molecule has 4 nitrogen and oxygen atoms in total. The molecule has 1 aromatic heterocycles. The maximum Gasteiger partial charge on any atom is 0.203 e. The third kappa shape index (κ3) is 2.38. The number of aryl methyl sites for hydroxylation is 1. The molecule has 0 amide bonds. The van der Waals surface area contributed by atoms with Gasteiger partial charge in [-0.05, 0) is 26.8 Å². The summed E-state index contributed by atoms with van der Waals surface area (Å²) in [5, 5.41) is 3.43. The van der Waals surface area contributed by atoms with Crippen LogP contribution < -0.4 is 10.1 Å². The molecule has 1 unspecified atom stereocenters. The number of imidazole rings is 1. The number of ether oxygens (including phenoxy) is 1. The molecule has 2 aromatic rings. The van der Waals surface area contributed by atoms with E-state index in [1.54, 1.807) is 0 Å². The molecule has 0 fully saturated rings. The predicted molar refractivity (Wildman–Crippen MR) is 80.4 cm³/mol. The summed E-state index contributed by atoms with van der Waals surface area (Å²) in [6.07, 6.45) is 3.09. The van der Waals surface area contributed by atoms with Crippen LogP contribution in [0.1, 0.15) is 37.6 Å². The first kappa shape index (κ1) is 13.0. The van der Waals surface area contributed by atoms with Crippen LogP contribution in [0.25, 0.3) is 0 Å². The lowest BCUT2D eigenvalue weighted by Gasteiger charge is -2.28. The first-order valence-corrected chi connectivity index (χ1v) is 7.19. The standard InChI is InChI=1S/C16H21N3O/c1-11(2)17-16-18-12(3)10-19(16)14-8-9-20-15-7-5-4-6-13(14)15/h4-7,10-11,14H,8-9H2,1-3H3,(H,17,18). The SMILES string of the molecule is Cc1cn(C2CCOc3ccccc32)c(NC(C)C)n1. The van der Waals surface area contributed by atoms with E-state index in [4.69, 9.17) is 4.74 Å². The van der Waals surface area contributed by atoms with Crippen molar-refractivity contribution < 1.29 is 4.74 Å². The van der Waals surface area contributed by atoms with Crippen molar-refractivity contribution in [2.45, 2.75) is 39.3 Å². The Labute approximate surface area is 119 Å². The quantitative estimate of drug-likeness (QED) is 0.930. The molecule has 20 heavy (non-hydrogen) atoms. The number of nitrogens with one attached hydrogen (secondary N) is 1. The van der Waals surface area contributed by atoms with Crippen molar-refractivity contribution in [3.05, 3.63) is 41.7 Å². The molecule has 106 valence electrons. The first-order valence-electron chi connectivity index (χ1n) is 7.19. The minimum atomic E-state index is 0.294. The molecule has 0 saturated carbocycles. The van der Waals surface area contributed by atoms with E-state index in [9.17, 15) is 0 Å². The zero-order valence-electron chi connectivity index (χ0n) is 12.3. The van der Waals surface area contributed by atoms with Gasteiger partial charge in [-0.25, -0.2) is 4.98 Å². The van der Waals surface area contributed by atoms with Crippen molar-refractivity contribution >= 4 is 5.95 Å². The van der Waals surface area contributed by atoms with E-state index in [-0.39, 0.29) is 0 Å². The molecule has 0 spiro atoms. The van der Waals surface area contributed by atoms with Gasteiger partial charge in [-0.2, -0.15) is 0 Å². The summed E-state index contributed by atoms with van der Waals surface area (Å²) in [5.74, 6) is 1.94. The van der Waals surface area contributed by atoms with Gasteiger partial charge in [0.2, 0.25) is 5.95 Å². The van der Waals surface area contributed by atoms with E-state index in [1.807, 2.05) is 19.1 Å². The molecule has 2 heterocycles. The van der Waals surface area contributed by atoms with Gasteiger partial charge in [0.15, 0.2) is 0 Å². The fraction of sp³-hybridized carbons (Fsp3) is 0.438. The van der Waals surface area contributed by atoms with Crippen molar-refractivity contribution in [2.24, 2.45) is 0 Å². The second-order valence-corrected chi connectivity index (χ2v) is 5.60. The highest BCUT2D eigenvalue weighted by atomic mass is 16.5. The topological polar surface area (TPSA) is 39.1 Å². The van der Waals surface area contributed by atoms with E-state index in [1.165, 1.54) is 5.56 Å². The van der Waals surface area contributed by atoms with Crippen molar-refractivity contribution in [1.29, 1.82) is 0 Å². The third-order valence-electron chi connectivity index (χ3n) is 3.53. The van der Waals surface area contributed by atoms with Gasteiger partial charge in [0, 0.05) is 24.2 Å². The van der Waals surface area contributed by atoms with Crippen LogP contribution >= 0.6 is 0 Å². The molecule has 1 aromatic carbocycles. The highest BCUT2D eigenvalue weighted by Gasteiger charge is 2.25. The highest BCUT2D eigenvalue weighted by Crippen LogP contribution is 2.36. The fourth-order valence-corrected chi connectivity index (χ4v) is 2.73. The zero-order valence-corrected chi connectivity index (χ0v) is 12.3. The molecule has 0 saturated heterocycles. The molecule has 4 heteroatoms. The smallest absolute Gasteiger partial charge is 0.203 e. The molecule has 0 aliphatic carbocycles. The van der Waals surface area contributed by atoms with Gasteiger partial charge >= 0.3 is 0 Å². The maximum absolute atomic E-state index is 5.75. The number of fused-ring (bicyclic) bond motifs is 1. The van der Waals surface area contributed by atoms with Crippen LogP contribution in [0.2, 0.25) is 0 Å². The number of aromatic nitrogens is 2. The van der Waals surface area contributed by atoms with Gasteiger partial charge in [0.05, 0.1) is 18.3 Å². The monoisotopic (exact) mass is 271 g/mol. The second kappa shape index (κ2) is 5.19. The van der Waals surface area contributed by atoms with Crippen LogP contribution in [-0.2, 0) is 0 Å². The Bertz CT molecular complexity index is 604. The minimum absolute atomic E-state index is 0.294. The van der Waals surface area contributed by atoms with Gasteiger partial charge < -0.3 is 14.6 Å². The number of rotatable bonds is 3. The largest absolute Gasteiger partial charge is 0.493 e. The number of para-hydroxylation sites is 1. The molecule has 1 N–H and O–H groups in total. The lowest BCUT2D eigenvalue weighted by Crippen LogP contribution is -2.23. The lowest BCUT2D eigenvalue weighted by molar-refractivity contribution is 0.257. The number of hydrogen-bond acceptors (Lipinski definition) is 3. The minimum Gasteiger partial charge on any atom is -0.493 e. The van der Waals surface area contributed by atoms with Gasteiger partial charge in [0.25, 0.3) is 0 Å². The van der Waals surface area contributed by atoms with Crippen LogP contribution in [0.5, 0.6) is 5.75 Å². The van der Waals surface area contributed by atoms with Gasteiger partial charge in [-0.3, -0.25) is 0 Å². The van der Waals surface area contributed by atoms with Crippen LogP contribution in [-0.4, -0.2) is 22.2 Å². The Balaban J connectivity index is 2.02. The fourth-order valence-electron chi connectivity index (χ4n) is 2.73. The Kier molecular flexibility index (Phi) is 3.38. The van der Waals surface area contributed by atoms with Crippen molar-refractivity contribution in [3.8, 4) is 5.75 Å². The van der Waals surface area contributed by atoms with Gasteiger partial charge in [-0.1, -0.05) is 18.2 Å². The number of benzene rings is 1. The average molecular weight is 271 g/mol. The molecule has 0 bridgehead atoms. The van der Waals surface area contributed by atoms with Crippen molar-refractivity contribution in [1.82, 2.24) is 9.55 Å². The number of anilines is 1. The summed E-state index contributed by atoms with van der Waals surface area (Å²) in [6, 6.07) is 8.94. The van der Waals surface area contributed by atoms with Crippen LogP contribution in [0, 0.1) is 6.92 Å².